The van der Waals surface area contributed by atoms with Gasteiger partial charge in [-0.2, -0.15) is 0 Å². The lowest BCUT2D eigenvalue weighted by Crippen LogP contribution is -2.25. The molecule has 2 heteroatoms. The number of para-hydroxylation sites is 2. The number of fused-ring (bicyclic) bond motifs is 5. The quantitative estimate of drug-likeness (QED) is 0.652. The van der Waals surface area contributed by atoms with Crippen molar-refractivity contribution in [3.8, 4) is 0 Å². The molecule has 0 saturated heterocycles. The number of pyridine rings is 1. The summed E-state index contributed by atoms with van der Waals surface area (Å²) in [5.74, 6) is 0. The largest absolute Gasteiger partial charge is 0.377 e. The zero-order chi connectivity index (χ0) is 17.3. The molecule has 25 heavy (non-hydrogen) atoms. The van der Waals surface area contributed by atoms with Crippen molar-refractivity contribution in [3.05, 3.63) is 76.5 Å². The van der Waals surface area contributed by atoms with E-state index >= 15 is 0 Å². The number of hydrogen-bond acceptors (Lipinski definition) is 2. The van der Waals surface area contributed by atoms with Gasteiger partial charge in [0, 0.05) is 36.4 Å². The van der Waals surface area contributed by atoms with Crippen molar-refractivity contribution >= 4 is 22.2 Å². The Morgan fingerprint density at radius 1 is 0.920 bits per heavy atom. The Morgan fingerprint density at radius 2 is 1.64 bits per heavy atom. The van der Waals surface area contributed by atoms with Gasteiger partial charge < -0.3 is 4.90 Å². The smallest absolute Gasteiger partial charge is 0.0708 e. The highest BCUT2D eigenvalue weighted by Gasteiger charge is 2.61. The minimum atomic E-state index is 0.108. The number of aromatic nitrogens is 1. The Morgan fingerprint density at radius 3 is 2.40 bits per heavy atom. The fourth-order valence-corrected chi connectivity index (χ4v) is 4.99. The summed E-state index contributed by atoms with van der Waals surface area (Å²) < 4.78 is 0. The van der Waals surface area contributed by atoms with E-state index in [4.69, 9.17) is 4.98 Å². The number of aryl methyl sites for hydroxylation is 1. The first-order chi connectivity index (χ1) is 12.1. The molecule has 0 saturated carbocycles. The Hall–Kier alpha value is -2.61. The minimum absolute atomic E-state index is 0.108. The van der Waals surface area contributed by atoms with Gasteiger partial charge in [0.2, 0.25) is 0 Å². The zero-order valence-electron chi connectivity index (χ0n) is 15.2. The summed E-state index contributed by atoms with van der Waals surface area (Å²) in [4.78, 5) is 7.10. The Labute approximate surface area is 148 Å². The van der Waals surface area contributed by atoms with Crippen LogP contribution in [0.4, 0.5) is 5.69 Å². The van der Waals surface area contributed by atoms with E-state index in [2.05, 4.69) is 81.4 Å². The van der Waals surface area contributed by atoms with Crippen LogP contribution in [0.5, 0.6) is 0 Å². The first kappa shape index (κ1) is 14.7. The summed E-state index contributed by atoms with van der Waals surface area (Å²) in [5, 5.41) is 1.33. The predicted molar refractivity (Wildman–Crippen MR) is 105 cm³/mol. The Kier molecular flexibility index (Phi) is 2.78. The van der Waals surface area contributed by atoms with Crippen LogP contribution < -0.4 is 4.90 Å². The van der Waals surface area contributed by atoms with Crippen molar-refractivity contribution in [2.75, 3.05) is 19.0 Å². The SMILES string of the molecule is CC1=C(c2ccccc2N(C)C)C2(C1)c1c(C)nc3ccccc3c12. The number of allylic oxidation sites excluding steroid dienone is 2. The summed E-state index contributed by atoms with van der Waals surface area (Å²) in [6, 6.07) is 17.4. The minimum Gasteiger partial charge on any atom is -0.377 e. The lowest BCUT2D eigenvalue weighted by molar-refractivity contribution is 0.706. The van der Waals surface area contributed by atoms with Crippen LogP contribution in [0, 0.1) is 6.92 Å². The molecule has 1 spiro atoms. The summed E-state index contributed by atoms with van der Waals surface area (Å²) in [5.41, 5.74) is 11.1. The van der Waals surface area contributed by atoms with Crippen LogP contribution in [0.3, 0.4) is 0 Å². The molecule has 2 aliphatic carbocycles. The number of rotatable bonds is 2. The van der Waals surface area contributed by atoms with E-state index in [0.29, 0.717) is 0 Å². The van der Waals surface area contributed by atoms with Gasteiger partial charge in [0.1, 0.15) is 0 Å². The molecule has 5 rings (SSSR count). The van der Waals surface area contributed by atoms with Crippen molar-refractivity contribution in [1.29, 1.82) is 0 Å². The lowest BCUT2D eigenvalue weighted by Gasteiger charge is -2.36. The number of nitrogens with zero attached hydrogens (tertiary/aromatic N) is 2. The average Bonchev–Trinajstić information content (AvgIpc) is 3.27. The van der Waals surface area contributed by atoms with Crippen LogP contribution in [0.15, 0.2) is 54.1 Å². The molecule has 3 aromatic rings. The van der Waals surface area contributed by atoms with Gasteiger partial charge in [-0.05, 0) is 49.1 Å². The molecule has 124 valence electrons. The van der Waals surface area contributed by atoms with Crippen LogP contribution >= 0.6 is 0 Å². The molecular weight excluding hydrogens is 304 g/mol. The van der Waals surface area contributed by atoms with E-state index in [0.717, 1.165) is 11.9 Å². The Balaban J connectivity index is 1.75. The predicted octanol–water partition coefficient (Wildman–Crippen LogP) is 5.09. The molecule has 2 aliphatic rings. The fourth-order valence-electron chi connectivity index (χ4n) is 4.99. The summed E-state index contributed by atoms with van der Waals surface area (Å²) >= 11 is 0. The average molecular weight is 326 g/mol. The zero-order valence-corrected chi connectivity index (χ0v) is 15.2. The van der Waals surface area contributed by atoms with Gasteiger partial charge in [-0.25, -0.2) is 0 Å². The van der Waals surface area contributed by atoms with Crippen LogP contribution in [-0.2, 0) is 5.41 Å². The maximum Gasteiger partial charge on any atom is 0.0708 e. The second-order valence-corrected chi connectivity index (χ2v) is 7.61. The summed E-state index contributed by atoms with van der Waals surface area (Å²) in [6.45, 7) is 4.46. The fraction of sp³-hybridized carbons (Fsp3) is 0.261. The van der Waals surface area contributed by atoms with Gasteiger partial charge in [-0.3, -0.25) is 4.98 Å². The van der Waals surface area contributed by atoms with E-state index in [1.807, 2.05) is 0 Å². The van der Waals surface area contributed by atoms with Crippen LogP contribution in [0.1, 0.15) is 35.7 Å². The van der Waals surface area contributed by atoms with E-state index in [1.54, 1.807) is 0 Å². The molecular formula is C23H22N2. The highest BCUT2D eigenvalue weighted by atomic mass is 15.1. The van der Waals surface area contributed by atoms with Gasteiger partial charge >= 0.3 is 0 Å². The van der Waals surface area contributed by atoms with E-state index in [-0.39, 0.29) is 5.41 Å². The molecule has 1 unspecified atom stereocenters. The van der Waals surface area contributed by atoms with Gasteiger partial charge in [-0.15, -0.1) is 0 Å². The van der Waals surface area contributed by atoms with E-state index in [1.165, 1.54) is 44.6 Å². The highest BCUT2D eigenvalue weighted by molar-refractivity contribution is 6.05. The van der Waals surface area contributed by atoms with Gasteiger partial charge in [-0.1, -0.05) is 42.0 Å². The third-order valence-corrected chi connectivity index (χ3v) is 5.90. The summed E-state index contributed by atoms with van der Waals surface area (Å²) in [6.07, 6.45) is 1.13. The number of anilines is 1. The standard InChI is InChI=1S/C23H22N2/c1-14-13-23(20(14)17-10-6-8-12-19(17)25(3)4)21-15(2)24-18-11-7-5-9-16(18)22(21)23/h5-12H,13H2,1-4H3. The molecule has 0 N–H and O–H groups in total. The maximum atomic E-state index is 4.88. The molecule has 0 aliphatic heterocycles. The Bertz CT molecular complexity index is 1070. The first-order valence-electron chi connectivity index (χ1n) is 8.93. The number of benzene rings is 2. The van der Waals surface area contributed by atoms with Crippen molar-refractivity contribution in [2.24, 2.45) is 0 Å². The van der Waals surface area contributed by atoms with E-state index in [9.17, 15) is 0 Å². The molecule has 0 amide bonds. The van der Waals surface area contributed by atoms with Crippen LogP contribution in [0.25, 0.3) is 16.5 Å². The molecule has 0 radical (unpaired) electrons. The van der Waals surface area contributed by atoms with Crippen molar-refractivity contribution in [1.82, 2.24) is 4.98 Å². The monoisotopic (exact) mass is 326 g/mol. The molecule has 1 aromatic heterocycles. The lowest BCUT2D eigenvalue weighted by atomic mass is 9.68. The molecule has 0 bridgehead atoms. The van der Waals surface area contributed by atoms with Crippen molar-refractivity contribution in [3.63, 3.8) is 0 Å². The van der Waals surface area contributed by atoms with Crippen molar-refractivity contribution in [2.45, 2.75) is 25.7 Å². The second-order valence-electron chi connectivity index (χ2n) is 7.61. The normalized spacial score (nSPS) is 20.6. The topological polar surface area (TPSA) is 16.1 Å². The third kappa shape index (κ3) is 1.72. The third-order valence-electron chi connectivity index (χ3n) is 5.90. The summed E-state index contributed by atoms with van der Waals surface area (Å²) in [7, 11) is 4.25. The van der Waals surface area contributed by atoms with Crippen molar-refractivity contribution < 1.29 is 0 Å². The molecule has 2 nitrogen and oxygen atoms in total. The van der Waals surface area contributed by atoms with Gasteiger partial charge in [0.05, 0.1) is 10.9 Å². The first-order valence-corrected chi connectivity index (χ1v) is 8.93. The van der Waals surface area contributed by atoms with Gasteiger partial charge in [0.25, 0.3) is 0 Å². The molecule has 1 heterocycles. The molecule has 2 aromatic carbocycles. The highest BCUT2D eigenvalue weighted by Crippen LogP contribution is 2.71. The molecule has 0 fully saturated rings. The van der Waals surface area contributed by atoms with Gasteiger partial charge in [0.15, 0.2) is 0 Å². The van der Waals surface area contributed by atoms with E-state index < -0.39 is 0 Å². The maximum absolute atomic E-state index is 4.88. The van der Waals surface area contributed by atoms with Crippen LogP contribution in [-0.4, -0.2) is 19.1 Å². The number of hydrogen-bond donors (Lipinski definition) is 0. The molecule has 1 atom stereocenters. The van der Waals surface area contributed by atoms with Crippen LogP contribution in [0.2, 0.25) is 0 Å². The second kappa shape index (κ2) is 4.72.